The van der Waals surface area contributed by atoms with Crippen LogP contribution in [0.1, 0.15) is 68.3 Å². The quantitative estimate of drug-likeness (QED) is 0.417. The average molecular weight is 579 g/mol. The largest absolute Gasteiger partial charge is 0.497 e. The molecule has 0 unspecified atom stereocenters. The summed E-state index contributed by atoms with van der Waals surface area (Å²) in [4.78, 5) is 53.4. The average Bonchev–Trinajstić information content (AvgIpc) is 3.46. The fourth-order valence-electron chi connectivity index (χ4n) is 5.41. The van der Waals surface area contributed by atoms with Crippen LogP contribution < -0.4 is 30.7 Å². The van der Waals surface area contributed by atoms with Gasteiger partial charge in [-0.15, -0.1) is 0 Å². The number of carbonyl (C=O) groups excluding carboxylic acids is 4. The molecular weight excluding hydrogens is 536 g/mol. The highest BCUT2D eigenvalue weighted by Crippen LogP contribution is 2.31. The molecule has 226 valence electrons. The van der Waals surface area contributed by atoms with Gasteiger partial charge in [0.1, 0.15) is 29.7 Å². The predicted octanol–water partition coefficient (Wildman–Crippen LogP) is 2.89. The number of hydrogen-bond acceptors (Lipinski definition) is 6. The topological polar surface area (TPSA) is 135 Å². The zero-order valence-corrected chi connectivity index (χ0v) is 24.7. The molecular formula is C32H42N4O6. The molecule has 0 aromatic heterocycles. The first-order chi connectivity index (χ1) is 20.2. The van der Waals surface area contributed by atoms with Crippen molar-refractivity contribution in [2.45, 2.75) is 76.4 Å². The van der Waals surface area contributed by atoms with Crippen LogP contribution in [-0.4, -0.2) is 61.5 Å². The smallest absolute Gasteiger partial charge is 0.255 e. The number of hydrogen-bond donors (Lipinski definition) is 4. The van der Waals surface area contributed by atoms with Gasteiger partial charge in [0.25, 0.3) is 5.91 Å². The predicted molar refractivity (Wildman–Crippen MR) is 158 cm³/mol. The molecule has 2 aromatic rings. The van der Waals surface area contributed by atoms with Gasteiger partial charge in [0.05, 0.1) is 18.7 Å². The van der Waals surface area contributed by atoms with Crippen molar-refractivity contribution in [1.29, 1.82) is 0 Å². The van der Waals surface area contributed by atoms with Crippen LogP contribution in [0.4, 0.5) is 0 Å². The Labute approximate surface area is 247 Å². The van der Waals surface area contributed by atoms with Gasteiger partial charge in [0.2, 0.25) is 17.7 Å². The number of amides is 4. The number of carbonyl (C=O) groups is 4. The lowest BCUT2D eigenvalue weighted by Gasteiger charge is -2.32. The minimum absolute atomic E-state index is 0.0301. The van der Waals surface area contributed by atoms with E-state index in [0.29, 0.717) is 31.6 Å². The van der Waals surface area contributed by atoms with E-state index in [1.54, 1.807) is 31.4 Å². The Balaban J connectivity index is 1.54. The highest BCUT2D eigenvalue weighted by atomic mass is 16.5. The van der Waals surface area contributed by atoms with Crippen molar-refractivity contribution >= 4 is 23.6 Å². The van der Waals surface area contributed by atoms with Crippen LogP contribution in [-0.2, 0) is 20.8 Å². The van der Waals surface area contributed by atoms with E-state index < -0.39 is 17.5 Å². The molecule has 1 fully saturated rings. The lowest BCUT2D eigenvalue weighted by atomic mass is 9.94. The van der Waals surface area contributed by atoms with Gasteiger partial charge >= 0.3 is 0 Å². The van der Waals surface area contributed by atoms with Crippen molar-refractivity contribution in [3.8, 4) is 11.5 Å². The summed E-state index contributed by atoms with van der Waals surface area (Å²) in [5.74, 6) is -0.265. The number of methoxy groups -OCH3 is 1. The lowest BCUT2D eigenvalue weighted by molar-refractivity contribution is -0.134. The second kappa shape index (κ2) is 14.2. The molecule has 0 saturated heterocycles. The van der Waals surface area contributed by atoms with Crippen LogP contribution in [0.15, 0.2) is 48.5 Å². The Morgan fingerprint density at radius 1 is 1.05 bits per heavy atom. The third kappa shape index (κ3) is 7.80. The highest BCUT2D eigenvalue weighted by Gasteiger charge is 2.43. The van der Waals surface area contributed by atoms with Crippen LogP contribution in [0.5, 0.6) is 11.5 Å². The Kier molecular flexibility index (Phi) is 10.4. The first-order valence-electron chi connectivity index (χ1n) is 14.8. The molecule has 0 radical (unpaired) electrons. The molecule has 2 aliphatic rings. The zero-order chi connectivity index (χ0) is 30.1. The number of fused-ring (bicyclic) bond motifs is 1. The molecule has 10 heteroatoms. The molecule has 4 amide bonds. The molecule has 2 atom stereocenters. The maximum atomic E-state index is 13.6. The first kappa shape index (κ1) is 30.9. The highest BCUT2D eigenvalue weighted by molar-refractivity contribution is 6.00. The van der Waals surface area contributed by atoms with E-state index in [2.05, 4.69) is 21.3 Å². The molecule has 1 aliphatic carbocycles. The van der Waals surface area contributed by atoms with E-state index in [-0.39, 0.29) is 54.7 Å². The van der Waals surface area contributed by atoms with Gasteiger partial charge in [-0.1, -0.05) is 51.0 Å². The van der Waals surface area contributed by atoms with Crippen LogP contribution in [0.3, 0.4) is 0 Å². The Morgan fingerprint density at radius 3 is 2.45 bits per heavy atom. The molecule has 2 aromatic carbocycles. The summed E-state index contributed by atoms with van der Waals surface area (Å²) < 4.78 is 11.3. The molecule has 1 aliphatic heterocycles. The molecule has 4 rings (SSSR count). The zero-order valence-electron chi connectivity index (χ0n) is 24.7. The van der Waals surface area contributed by atoms with Gasteiger partial charge in [-0.05, 0) is 61.4 Å². The standard InChI is InChI=1S/C32H42N4O6/c1-21(2)26-20-42-27-9-5-4-8-24(27)29(38)34-25(30(39)33-19-16-22-10-12-23(41-3)13-11-22)14-15-28(37)36-32(31(40)35-26)17-6-7-18-32/h4-5,8-13,21,25-26H,6-7,14-20H2,1-3H3,(H,33,39)(H,34,38)(H,35,40)(H,36,37)/t25-,26-/m0/s1. The Morgan fingerprint density at radius 2 is 1.76 bits per heavy atom. The number of para-hydroxylation sites is 1. The van der Waals surface area contributed by atoms with Crippen molar-refractivity contribution in [2.75, 3.05) is 20.3 Å². The lowest BCUT2D eigenvalue weighted by Crippen LogP contribution is -2.60. The van der Waals surface area contributed by atoms with Crippen LogP contribution in [0, 0.1) is 5.92 Å². The van der Waals surface area contributed by atoms with E-state index in [0.717, 1.165) is 24.2 Å². The van der Waals surface area contributed by atoms with E-state index >= 15 is 0 Å². The second-order valence-corrected chi connectivity index (χ2v) is 11.4. The number of benzene rings is 2. The van der Waals surface area contributed by atoms with Gasteiger partial charge in [-0.2, -0.15) is 0 Å². The van der Waals surface area contributed by atoms with Gasteiger partial charge in [0.15, 0.2) is 0 Å². The van der Waals surface area contributed by atoms with Crippen LogP contribution in [0.25, 0.3) is 0 Å². The van der Waals surface area contributed by atoms with Crippen LogP contribution >= 0.6 is 0 Å². The van der Waals surface area contributed by atoms with Crippen LogP contribution in [0.2, 0.25) is 0 Å². The summed E-state index contributed by atoms with van der Waals surface area (Å²) in [5, 5.41) is 11.8. The van der Waals surface area contributed by atoms with E-state index in [9.17, 15) is 19.2 Å². The summed E-state index contributed by atoms with van der Waals surface area (Å²) in [6, 6.07) is 13.1. The molecule has 1 heterocycles. The fourth-order valence-corrected chi connectivity index (χ4v) is 5.41. The molecule has 0 bridgehead atoms. The molecule has 10 nitrogen and oxygen atoms in total. The van der Waals surface area contributed by atoms with Gasteiger partial charge in [-0.3, -0.25) is 19.2 Å². The molecule has 42 heavy (non-hydrogen) atoms. The molecule has 1 saturated carbocycles. The normalized spacial score (nSPS) is 21.2. The maximum absolute atomic E-state index is 13.6. The summed E-state index contributed by atoms with van der Waals surface area (Å²) in [6.07, 6.45) is 3.38. The summed E-state index contributed by atoms with van der Waals surface area (Å²) in [7, 11) is 1.60. The minimum atomic E-state index is -0.998. The Bertz CT molecular complexity index is 1260. The second-order valence-electron chi connectivity index (χ2n) is 11.4. The van der Waals surface area contributed by atoms with Crippen molar-refractivity contribution in [3.05, 3.63) is 59.7 Å². The Hall–Kier alpha value is -4.08. The monoisotopic (exact) mass is 578 g/mol. The van der Waals surface area contributed by atoms with Crippen molar-refractivity contribution in [1.82, 2.24) is 21.3 Å². The maximum Gasteiger partial charge on any atom is 0.255 e. The number of ether oxygens (including phenoxy) is 2. The van der Waals surface area contributed by atoms with Gasteiger partial charge < -0.3 is 30.7 Å². The number of nitrogens with one attached hydrogen (secondary N) is 4. The van der Waals surface area contributed by atoms with Gasteiger partial charge in [-0.25, -0.2) is 0 Å². The molecule has 1 spiro atoms. The fraction of sp³-hybridized carbons (Fsp3) is 0.500. The summed E-state index contributed by atoms with van der Waals surface area (Å²) in [5.41, 5.74) is 0.295. The van der Waals surface area contributed by atoms with Crippen molar-refractivity contribution in [2.24, 2.45) is 5.92 Å². The minimum Gasteiger partial charge on any atom is -0.497 e. The number of rotatable bonds is 6. The third-order valence-corrected chi connectivity index (χ3v) is 8.10. The van der Waals surface area contributed by atoms with Crippen molar-refractivity contribution in [3.63, 3.8) is 0 Å². The van der Waals surface area contributed by atoms with E-state index in [1.165, 1.54) is 0 Å². The summed E-state index contributed by atoms with van der Waals surface area (Å²) >= 11 is 0. The van der Waals surface area contributed by atoms with Crippen molar-refractivity contribution < 1.29 is 28.7 Å². The first-order valence-corrected chi connectivity index (χ1v) is 14.8. The SMILES string of the molecule is COc1ccc(CCNC(=O)[C@@H]2CCC(=O)NC3(CCCC3)C(=O)N[C@H](C(C)C)COc3ccccc3C(=O)N2)cc1. The summed E-state index contributed by atoms with van der Waals surface area (Å²) in [6.45, 7) is 4.47. The van der Waals surface area contributed by atoms with Gasteiger partial charge in [0, 0.05) is 13.0 Å². The van der Waals surface area contributed by atoms with E-state index in [1.807, 2.05) is 38.1 Å². The van der Waals surface area contributed by atoms with E-state index in [4.69, 9.17) is 9.47 Å². The molecule has 4 N–H and O–H groups in total. The third-order valence-electron chi connectivity index (χ3n) is 8.10.